The molecule has 0 saturated carbocycles. The van der Waals surface area contributed by atoms with Crippen LogP contribution in [0.3, 0.4) is 0 Å². The fraction of sp³-hybridized carbons (Fsp3) is 0.333. The molecule has 0 unspecified atom stereocenters. The predicted octanol–water partition coefficient (Wildman–Crippen LogP) is 2.42. The molecule has 2 atom stereocenters. The molecule has 1 saturated heterocycles. The Morgan fingerprint density at radius 3 is 2.60 bits per heavy atom. The summed E-state index contributed by atoms with van der Waals surface area (Å²) in [7, 11) is 0. The molecule has 2 heterocycles. The van der Waals surface area contributed by atoms with Crippen LogP contribution in [0.4, 0.5) is 13.2 Å². The van der Waals surface area contributed by atoms with Crippen molar-refractivity contribution in [2.24, 2.45) is 5.92 Å². The summed E-state index contributed by atoms with van der Waals surface area (Å²) in [5.74, 6) is -3.97. The van der Waals surface area contributed by atoms with Gasteiger partial charge in [-0.3, -0.25) is 9.78 Å². The van der Waals surface area contributed by atoms with Gasteiger partial charge in [-0.15, -0.1) is 0 Å². The normalized spacial score (nSPS) is 19.8. The lowest BCUT2D eigenvalue weighted by atomic mass is 9.95. The average Bonchev–Trinajstić information content (AvgIpc) is 3.03. The van der Waals surface area contributed by atoms with Crippen LogP contribution < -0.4 is 5.32 Å². The first-order valence-corrected chi connectivity index (χ1v) is 7.93. The maximum atomic E-state index is 13.7. The van der Waals surface area contributed by atoms with Crippen molar-refractivity contribution < 1.29 is 22.7 Å². The van der Waals surface area contributed by atoms with E-state index in [9.17, 15) is 18.0 Å². The number of carbonyl (C=O) groups excluding carboxylic acids is 1. The first kappa shape index (κ1) is 17.4. The smallest absolute Gasteiger partial charge is 0.224 e. The second-order valence-electron chi connectivity index (χ2n) is 6.03. The van der Waals surface area contributed by atoms with Crippen LogP contribution in [0, 0.1) is 23.4 Å². The molecule has 132 valence electrons. The van der Waals surface area contributed by atoms with Crippen LogP contribution in [-0.4, -0.2) is 30.1 Å². The second kappa shape index (κ2) is 7.65. The van der Waals surface area contributed by atoms with Crippen LogP contribution in [0.1, 0.15) is 11.1 Å². The molecule has 0 spiro atoms. The summed E-state index contributed by atoms with van der Waals surface area (Å²) < 4.78 is 46.0. The standard InChI is InChI=1S/C18H17F3N2O2/c19-14-1-2-15(20)18(21)13(14)8-17(24)23-16-10-25-9-12(16)7-11-3-5-22-6-4-11/h1-6,12,16H,7-10H2,(H,23,24)/t12-,16-/m1/s1. The Balaban J connectivity index is 1.63. The van der Waals surface area contributed by atoms with Gasteiger partial charge in [0, 0.05) is 23.9 Å². The minimum absolute atomic E-state index is 0.0496. The van der Waals surface area contributed by atoms with E-state index in [0.717, 1.165) is 11.6 Å². The van der Waals surface area contributed by atoms with Crippen LogP contribution >= 0.6 is 0 Å². The van der Waals surface area contributed by atoms with Crippen LogP contribution in [0.5, 0.6) is 0 Å². The molecule has 0 radical (unpaired) electrons. The number of hydrogen-bond acceptors (Lipinski definition) is 3. The number of nitrogens with one attached hydrogen (secondary N) is 1. The van der Waals surface area contributed by atoms with Crippen LogP contribution in [0.15, 0.2) is 36.7 Å². The first-order valence-electron chi connectivity index (χ1n) is 7.93. The lowest BCUT2D eigenvalue weighted by Gasteiger charge is -2.19. The Morgan fingerprint density at radius 1 is 1.12 bits per heavy atom. The molecule has 3 rings (SSSR count). The molecule has 1 aliphatic rings. The lowest BCUT2D eigenvalue weighted by molar-refractivity contribution is -0.121. The SMILES string of the molecule is O=C(Cc1c(F)ccc(F)c1F)N[C@@H]1COC[C@H]1Cc1ccncc1. The van der Waals surface area contributed by atoms with E-state index in [2.05, 4.69) is 10.3 Å². The highest BCUT2D eigenvalue weighted by Crippen LogP contribution is 2.20. The molecule has 1 N–H and O–H groups in total. The fourth-order valence-corrected chi connectivity index (χ4v) is 2.93. The van der Waals surface area contributed by atoms with Crippen LogP contribution in [0.2, 0.25) is 0 Å². The maximum Gasteiger partial charge on any atom is 0.224 e. The van der Waals surface area contributed by atoms with Gasteiger partial charge in [0.2, 0.25) is 5.91 Å². The zero-order valence-corrected chi connectivity index (χ0v) is 13.3. The molecule has 25 heavy (non-hydrogen) atoms. The third kappa shape index (κ3) is 4.17. The van der Waals surface area contributed by atoms with E-state index in [-0.39, 0.29) is 12.0 Å². The van der Waals surface area contributed by atoms with E-state index < -0.39 is 35.3 Å². The zero-order valence-electron chi connectivity index (χ0n) is 13.3. The minimum atomic E-state index is -1.33. The molecule has 2 aromatic rings. The fourth-order valence-electron chi connectivity index (χ4n) is 2.93. The van der Waals surface area contributed by atoms with Gasteiger partial charge in [0.1, 0.15) is 5.82 Å². The number of halogens is 3. The highest BCUT2D eigenvalue weighted by Gasteiger charge is 2.30. The van der Waals surface area contributed by atoms with E-state index in [0.29, 0.717) is 25.7 Å². The Morgan fingerprint density at radius 2 is 1.84 bits per heavy atom. The van der Waals surface area contributed by atoms with Gasteiger partial charge in [0.15, 0.2) is 11.6 Å². The molecule has 4 nitrogen and oxygen atoms in total. The Labute approximate surface area is 143 Å². The molecule has 1 amide bonds. The van der Waals surface area contributed by atoms with Gasteiger partial charge in [-0.25, -0.2) is 13.2 Å². The van der Waals surface area contributed by atoms with Crippen LogP contribution in [-0.2, 0) is 22.4 Å². The number of pyridine rings is 1. The quantitative estimate of drug-likeness (QED) is 0.843. The third-order valence-electron chi connectivity index (χ3n) is 4.27. The van der Waals surface area contributed by atoms with Gasteiger partial charge in [-0.2, -0.15) is 0 Å². The summed E-state index contributed by atoms with van der Waals surface area (Å²) in [5, 5.41) is 2.74. The third-order valence-corrected chi connectivity index (χ3v) is 4.27. The molecule has 1 fully saturated rings. The molecule has 1 aromatic heterocycles. The number of rotatable bonds is 5. The van der Waals surface area contributed by atoms with Crippen molar-refractivity contribution in [1.29, 1.82) is 0 Å². The molecule has 1 aliphatic heterocycles. The van der Waals surface area contributed by atoms with E-state index in [1.807, 2.05) is 12.1 Å². The van der Waals surface area contributed by atoms with Gasteiger partial charge in [-0.1, -0.05) is 0 Å². The van der Waals surface area contributed by atoms with Gasteiger partial charge in [-0.05, 0) is 36.2 Å². The van der Waals surface area contributed by atoms with Crippen molar-refractivity contribution in [3.8, 4) is 0 Å². The van der Waals surface area contributed by atoms with Crippen LogP contribution in [0.25, 0.3) is 0 Å². The number of benzene rings is 1. The second-order valence-corrected chi connectivity index (χ2v) is 6.03. The van der Waals surface area contributed by atoms with Crippen molar-refractivity contribution >= 4 is 5.91 Å². The minimum Gasteiger partial charge on any atom is -0.379 e. The van der Waals surface area contributed by atoms with Crippen molar-refractivity contribution in [2.45, 2.75) is 18.9 Å². The summed E-state index contributed by atoms with van der Waals surface area (Å²) in [5.41, 5.74) is 0.495. The van der Waals surface area contributed by atoms with Gasteiger partial charge in [0.25, 0.3) is 0 Å². The zero-order chi connectivity index (χ0) is 17.8. The number of aromatic nitrogens is 1. The van der Waals surface area contributed by atoms with E-state index in [1.165, 1.54) is 0 Å². The summed E-state index contributed by atoms with van der Waals surface area (Å²) in [4.78, 5) is 16.1. The van der Waals surface area contributed by atoms with Gasteiger partial charge in [0.05, 0.1) is 25.7 Å². The molecule has 0 aliphatic carbocycles. The largest absolute Gasteiger partial charge is 0.379 e. The summed E-state index contributed by atoms with van der Waals surface area (Å²) in [6.45, 7) is 0.811. The Kier molecular flexibility index (Phi) is 5.33. The molecular formula is C18H17F3N2O2. The lowest BCUT2D eigenvalue weighted by Crippen LogP contribution is -2.41. The number of carbonyl (C=O) groups is 1. The number of ether oxygens (including phenoxy) is 1. The van der Waals surface area contributed by atoms with E-state index in [1.54, 1.807) is 12.4 Å². The monoisotopic (exact) mass is 350 g/mol. The molecule has 0 bridgehead atoms. The van der Waals surface area contributed by atoms with Crippen molar-refractivity contribution in [3.63, 3.8) is 0 Å². The highest BCUT2D eigenvalue weighted by molar-refractivity contribution is 5.79. The topological polar surface area (TPSA) is 51.2 Å². The summed E-state index contributed by atoms with van der Waals surface area (Å²) in [6.07, 6.45) is 3.51. The molecule has 1 aromatic carbocycles. The Hall–Kier alpha value is -2.41. The number of nitrogens with zero attached hydrogens (tertiary/aromatic N) is 1. The number of amides is 1. The molecular weight excluding hydrogens is 333 g/mol. The van der Waals surface area contributed by atoms with Crippen molar-refractivity contribution in [2.75, 3.05) is 13.2 Å². The Bertz CT molecular complexity index is 755. The van der Waals surface area contributed by atoms with Gasteiger partial charge < -0.3 is 10.1 Å². The van der Waals surface area contributed by atoms with Crippen molar-refractivity contribution in [1.82, 2.24) is 10.3 Å². The van der Waals surface area contributed by atoms with Gasteiger partial charge >= 0.3 is 0 Å². The first-order chi connectivity index (χ1) is 12.0. The van der Waals surface area contributed by atoms with E-state index in [4.69, 9.17) is 4.74 Å². The summed E-state index contributed by atoms with van der Waals surface area (Å²) in [6, 6.07) is 5.01. The van der Waals surface area contributed by atoms with E-state index >= 15 is 0 Å². The van der Waals surface area contributed by atoms with Crippen molar-refractivity contribution in [3.05, 3.63) is 65.2 Å². The average molecular weight is 350 g/mol. The maximum absolute atomic E-state index is 13.7. The highest BCUT2D eigenvalue weighted by atomic mass is 19.2. The number of hydrogen-bond donors (Lipinski definition) is 1. The summed E-state index contributed by atoms with van der Waals surface area (Å²) >= 11 is 0. The molecule has 7 heteroatoms. The predicted molar refractivity (Wildman–Crippen MR) is 84.2 cm³/mol.